The fraction of sp³-hybridized carbons (Fsp3) is 0.290. The van der Waals surface area contributed by atoms with Crippen LogP contribution in [0.2, 0.25) is 0 Å². The summed E-state index contributed by atoms with van der Waals surface area (Å²) in [5.41, 5.74) is 8.13. The number of nitrogens with zero attached hydrogens (tertiary/aromatic N) is 5. The van der Waals surface area contributed by atoms with Crippen molar-refractivity contribution in [3.05, 3.63) is 83.6 Å². The Morgan fingerprint density at radius 3 is 2.68 bits per heavy atom. The molecule has 0 saturated heterocycles. The van der Waals surface area contributed by atoms with Crippen LogP contribution in [0.15, 0.2) is 65.8 Å². The molecule has 2 aromatic carbocycles. The van der Waals surface area contributed by atoms with Gasteiger partial charge in [-0.2, -0.15) is 4.99 Å². The first kappa shape index (κ1) is 31.6. The van der Waals surface area contributed by atoms with E-state index in [-0.39, 0.29) is 43.4 Å². The number of amidine groups is 1. The number of methoxy groups -OCH3 is 1. The van der Waals surface area contributed by atoms with Crippen LogP contribution in [0.4, 0.5) is 20.7 Å². The molecule has 0 spiro atoms. The molecule has 0 saturated carbocycles. The number of aryl methyl sites for hydroxylation is 1. The molecular formula is C31H34FN7O5. The Labute approximate surface area is 253 Å². The largest absolute Gasteiger partial charge is 0.469 e. The van der Waals surface area contributed by atoms with E-state index in [4.69, 9.17) is 20.2 Å². The minimum absolute atomic E-state index is 0.00606. The van der Waals surface area contributed by atoms with Crippen molar-refractivity contribution in [3.63, 3.8) is 0 Å². The number of rotatable bonds is 12. The Hall–Kier alpha value is -5.33. The number of aliphatic imine (C=N–C) groups is 1. The van der Waals surface area contributed by atoms with E-state index in [1.807, 2.05) is 18.5 Å². The summed E-state index contributed by atoms with van der Waals surface area (Å²) in [6.45, 7) is 2.52. The average molecular weight is 604 g/mol. The average Bonchev–Trinajstić information content (AvgIpc) is 3.35. The Balaban J connectivity index is 1.51. The number of amides is 2. The fourth-order valence-electron chi connectivity index (χ4n) is 4.34. The molecule has 0 aliphatic carbocycles. The van der Waals surface area contributed by atoms with Crippen molar-refractivity contribution in [1.82, 2.24) is 14.5 Å². The van der Waals surface area contributed by atoms with Gasteiger partial charge in [-0.25, -0.2) is 19.2 Å². The highest BCUT2D eigenvalue weighted by atomic mass is 19.1. The first-order valence-corrected chi connectivity index (χ1v) is 14.0. The normalized spacial score (nSPS) is 11.3. The molecule has 3 N–H and O–H groups in total. The van der Waals surface area contributed by atoms with E-state index in [0.717, 1.165) is 11.9 Å². The molecule has 0 atom stereocenters. The summed E-state index contributed by atoms with van der Waals surface area (Å²) in [4.78, 5) is 51.3. The molecule has 0 aliphatic rings. The molecular weight excluding hydrogens is 569 g/mol. The van der Waals surface area contributed by atoms with Gasteiger partial charge in [0.15, 0.2) is 0 Å². The minimum Gasteiger partial charge on any atom is -0.469 e. The highest BCUT2D eigenvalue weighted by molar-refractivity contribution is 6.07. The zero-order chi connectivity index (χ0) is 31.6. The van der Waals surface area contributed by atoms with Crippen LogP contribution >= 0.6 is 0 Å². The van der Waals surface area contributed by atoms with Gasteiger partial charge in [0.1, 0.15) is 23.3 Å². The van der Waals surface area contributed by atoms with Gasteiger partial charge in [0, 0.05) is 31.0 Å². The monoisotopic (exact) mass is 603 g/mol. The van der Waals surface area contributed by atoms with Crippen LogP contribution in [0, 0.1) is 5.82 Å². The highest BCUT2D eigenvalue weighted by Gasteiger charge is 2.21. The number of nitrogens with one attached hydrogen (secondary N) is 1. The lowest BCUT2D eigenvalue weighted by atomic mass is 10.1. The van der Waals surface area contributed by atoms with Crippen LogP contribution in [0.25, 0.3) is 11.0 Å². The maximum absolute atomic E-state index is 14.5. The van der Waals surface area contributed by atoms with Crippen LogP contribution in [-0.2, 0) is 27.9 Å². The summed E-state index contributed by atoms with van der Waals surface area (Å²) in [5, 5.41) is 3.19. The third kappa shape index (κ3) is 7.73. The van der Waals surface area contributed by atoms with Crippen LogP contribution < -0.4 is 16.0 Å². The molecule has 0 bridgehead atoms. The number of pyridine rings is 1. The summed E-state index contributed by atoms with van der Waals surface area (Å²) >= 11 is 0. The van der Waals surface area contributed by atoms with E-state index in [2.05, 4.69) is 15.3 Å². The van der Waals surface area contributed by atoms with Crippen molar-refractivity contribution in [2.45, 2.75) is 32.7 Å². The molecule has 2 heterocycles. The van der Waals surface area contributed by atoms with Gasteiger partial charge in [0.2, 0.25) is 0 Å². The van der Waals surface area contributed by atoms with Crippen LogP contribution in [0.5, 0.6) is 0 Å². The summed E-state index contributed by atoms with van der Waals surface area (Å²) in [7, 11) is 3.14. The second-order valence-corrected chi connectivity index (χ2v) is 9.77. The number of benzene rings is 2. The molecule has 13 heteroatoms. The zero-order valence-corrected chi connectivity index (χ0v) is 24.7. The van der Waals surface area contributed by atoms with E-state index in [0.29, 0.717) is 34.8 Å². The number of hydrogen-bond acceptors (Lipinski definition) is 8. The van der Waals surface area contributed by atoms with Gasteiger partial charge in [-0.3, -0.25) is 14.5 Å². The summed E-state index contributed by atoms with van der Waals surface area (Å²) in [6.07, 6.45) is 2.24. The van der Waals surface area contributed by atoms with E-state index in [9.17, 15) is 18.8 Å². The standard InChI is InChI=1S/C31H34FN7O5/c1-4-5-16-44-31(42)37-29(33)22-18-21(10-11-23(22)32)35-19-27-36-24-17-20(9-12-25(24)38(27)2)30(41)39(15-13-28(40)43-3)26-8-6-7-14-34-26/h6-12,14,17-18,35H,4-5,13,15-16,19H2,1-3H3,(H2,33,37,42). The van der Waals surface area contributed by atoms with Crippen molar-refractivity contribution in [1.29, 1.82) is 0 Å². The van der Waals surface area contributed by atoms with Gasteiger partial charge in [-0.1, -0.05) is 19.4 Å². The molecule has 0 aliphatic heterocycles. The maximum atomic E-state index is 14.5. The second-order valence-electron chi connectivity index (χ2n) is 9.77. The van der Waals surface area contributed by atoms with Crippen LogP contribution in [-0.4, -0.2) is 58.6 Å². The van der Waals surface area contributed by atoms with Gasteiger partial charge in [0.25, 0.3) is 5.91 Å². The smallest absolute Gasteiger partial charge is 0.435 e. The quantitative estimate of drug-likeness (QED) is 0.103. The number of anilines is 2. The number of unbranched alkanes of at least 4 members (excludes halogenated alkanes) is 1. The predicted octanol–water partition coefficient (Wildman–Crippen LogP) is 4.57. The number of esters is 1. The molecule has 0 fully saturated rings. The van der Waals surface area contributed by atoms with Crippen molar-refractivity contribution < 1.29 is 28.2 Å². The predicted molar refractivity (Wildman–Crippen MR) is 164 cm³/mol. The third-order valence-electron chi connectivity index (χ3n) is 6.79. The number of ether oxygens (including phenoxy) is 2. The lowest BCUT2D eigenvalue weighted by Crippen LogP contribution is -2.33. The fourth-order valence-corrected chi connectivity index (χ4v) is 4.34. The molecule has 4 rings (SSSR count). The van der Waals surface area contributed by atoms with Crippen molar-refractivity contribution >= 4 is 46.3 Å². The van der Waals surface area contributed by atoms with E-state index >= 15 is 0 Å². The molecule has 2 aromatic heterocycles. The summed E-state index contributed by atoms with van der Waals surface area (Å²) in [6, 6.07) is 14.6. The first-order valence-electron chi connectivity index (χ1n) is 14.0. The number of halogens is 1. The third-order valence-corrected chi connectivity index (χ3v) is 6.79. The van der Waals surface area contributed by atoms with Gasteiger partial charge in [0.05, 0.1) is 43.3 Å². The van der Waals surface area contributed by atoms with Crippen molar-refractivity contribution in [2.24, 2.45) is 17.8 Å². The maximum Gasteiger partial charge on any atom is 0.435 e. The molecule has 2 amide bonds. The van der Waals surface area contributed by atoms with E-state index in [1.165, 1.54) is 30.2 Å². The molecule has 12 nitrogen and oxygen atoms in total. The molecule has 0 unspecified atom stereocenters. The number of carbonyl (C=O) groups is 3. The number of imidazole rings is 1. The van der Waals surface area contributed by atoms with E-state index in [1.54, 1.807) is 42.6 Å². The lowest BCUT2D eigenvalue weighted by molar-refractivity contribution is -0.140. The molecule has 44 heavy (non-hydrogen) atoms. The van der Waals surface area contributed by atoms with Gasteiger partial charge in [-0.05, 0) is 55.0 Å². The van der Waals surface area contributed by atoms with Gasteiger partial charge < -0.3 is 25.1 Å². The highest BCUT2D eigenvalue weighted by Crippen LogP contribution is 2.22. The zero-order valence-electron chi connectivity index (χ0n) is 24.7. The first-order chi connectivity index (χ1) is 21.2. The SMILES string of the molecule is CCCCOC(=O)/N=C(\N)c1cc(NCc2nc3cc(C(=O)N(CCC(=O)OC)c4ccccn4)ccc3n2C)ccc1F. The number of carbonyl (C=O) groups excluding carboxylic acids is 3. The van der Waals surface area contributed by atoms with E-state index < -0.39 is 17.9 Å². The Morgan fingerprint density at radius 1 is 1.14 bits per heavy atom. The topological polar surface area (TPSA) is 154 Å². The molecule has 0 radical (unpaired) electrons. The van der Waals surface area contributed by atoms with Crippen LogP contribution in [0.1, 0.15) is 47.9 Å². The van der Waals surface area contributed by atoms with Gasteiger partial charge in [-0.15, -0.1) is 0 Å². The number of fused-ring (bicyclic) bond motifs is 1. The van der Waals surface area contributed by atoms with Crippen molar-refractivity contribution in [2.75, 3.05) is 30.5 Å². The minimum atomic E-state index is -0.877. The second kappa shape index (κ2) is 14.7. The van der Waals surface area contributed by atoms with Crippen LogP contribution in [0.3, 0.4) is 0 Å². The molecule has 4 aromatic rings. The number of hydrogen-bond donors (Lipinski definition) is 2. The summed E-state index contributed by atoms with van der Waals surface area (Å²) < 4.78 is 26.1. The Kier molecular flexibility index (Phi) is 10.6. The van der Waals surface area contributed by atoms with Gasteiger partial charge >= 0.3 is 12.1 Å². The number of aromatic nitrogens is 3. The Morgan fingerprint density at radius 2 is 1.95 bits per heavy atom. The summed E-state index contributed by atoms with van der Waals surface area (Å²) in [5.74, 6) is -0.659. The number of nitrogens with two attached hydrogens (primary N) is 1. The molecule has 230 valence electrons. The van der Waals surface area contributed by atoms with Crippen molar-refractivity contribution in [3.8, 4) is 0 Å². The Bertz CT molecular complexity index is 1670. The lowest BCUT2D eigenvalue weighted by Gasteiger charge is -2.21.